The normalized spacial score (nSPS) is 12.0. The van der Waals surface area contributed by atoms with Gasteiger partial charge in [-0.05, 0) is 36.1 Å². The van der Waals surface area contributed by atoms with E-state index in [9.17, 15) is 9.18 Å². The van der Waals surface area contributed by atoms with Crippen molar-refractivity contribution in [3.63, 3.8) is 0 Å². The highest BCUT2D eigenvalue weighted by Crippen LogP contribution is 2.12. The summed E-state index contributed by atoms with van der Waals surface area (Å²) < 4.78 is 18.9. The second-order valence-electron chi connectivity index (χ2n) is 5.49. The summed E-state index contributed by atoms with van der Waals surface area (Å²) >= 11 is 0. The van der Waals surface area contributed by atoms with E-state index in [1.165, 1.54) is 6.07 Å². The van der Waals surface area contributed by atoms with Gasteiger partial charge in [0, 0.05) is 6.54 Å². The molecule has 0 fully saturated rings. The van der Waals surface area contributed by atoms with Crippen LogP contribution in [0.1, 0.15) is 30.0 Å². The van der Waals surface area contributed by atoms with E-state index in [1.807, 2.05) is 37.3 Å². The smallest absolute Gasteiger partial charge is 0.249 e. The minimum absolute atomic E-state index is 0.129. The van der Waals surface area contributed by atoms with E-state index in [4.69, 9.17) is 4.74 Å². The van der Waals surface area contributed by atoms with E-state index in [-0.39, 0.29) is 11.7 Å². The third kappa shape index (κ3) is 5.18. The van der Waals surface area contributed by atoms with E-state index < -0.39 is 6.10 Å². The summed E-state index contributed by atoms with van der Waals surface area (Å²) in [6.07, 6.45) is 0.0740. The van der Waals surface area contributed by atoms with Crippen molar-refractivity contribution >= 4 is 5.91 Å². The molecule has 2 rings (SSSR count). The lowest BCUT2D eigenvalue weighted by molar-refractivity contribution is -0.134. The summed E-state index contributed by atoms with van der Waals surface area (Å²) in [6, 6.07) is 14.6. The van der Waals surface area contributed by atoms with E-state index in [2.05, 4.69) is 5.32 Å². The Morgan fingerprint density at radius 2 is 1.91 bits per heavy atom. The zero-order valence-corrected chi connectivity index (χ0v) is 13.5. The summed E-state index contributed by atoms with van der Waals surface area (Å²) in [5.41, 5.74) is 2.48. The molecule has 1 amide bonds. The monoisotopic (exact) mass is 315 g/mol. The fourth-order valence-corrected chi connectivity index (χ4v) is 2.27. The first-order valence-electron chi connectivity index (χ1n) is 7.78. The molecule has 0 spiro atoms. The summed E-state index contributed by atoms with van der Waals surface area (Å²) in [5.74, 6) is -0.364. The zero-order chi connectivity index (χ0) is 16.7. The number of halogens is 1. The Balaban J connectivity index is 1.86. The lowest BCUT2D eigenvalue weighted by Crippen LogP contribution is -2.35. The quantitative estimate of drug-likeness (QED) is 0.845. The second kappa shape index (κ2) is 8.44. The fourth-order valence-electron chi connectivity index (χ4n) is 2.27. The Kier molecular flexibility index (Phi) is 6.29. The Morgan fingerprint density at radius 1 is 1.17 bits per heavy atom. The fraction of sp³-hybridized carbons (Fsp3) is 0.316. The second-order valence-corrected chi connectivity index (χ2v) is 5.49. The van der Waals surface area contributed by atoms with Crippen LogP contribution in [-0.2, 0) is 22.7 Å². The highest BCUT2D eigenvalue weighted by atomic mass is 19.1. The molecular formula is C19H22FNO2. The molecular weight excluding hydrogens is 293 g/mol. The van der Waals surface area contributed by atoms with Crippen LogP contribution in [0.5, 0.6) is 0 Å². The Hall–Kier alpha value is -2.20. The van der Waals surface area contributed by atoms with Crippen LogP contribution < -0.4 is 5.32 Å². The lowest BCUT2D eigenvalue weighted by atomic mass is 10.1. The third-order valence-corrected chi connectivity index (χ3v) is 3.65. The van der Waals surface area contributed by atoms with Gasteiger partial charge in [0.05, 0.1) is 6.61 Å². The Morgan fingerprint density at radius 3 is 2.57 bits per heavy atom. The highest BCUT2D eigenvalue weighted by Gasteiger charge is 2.16. The van der Waals surface area contributed by atoms with Gasteiger partial charge in [-0.3, -0.25) is 4.79 Å². The largest absolute Gasteiger partial charge is 0.364 e. The molecule has 4 heteroatoms. The number of amides is 1. The van der Waals surface area contributed by atoms with Crippen LogP contribution in [-0.4, -0.2) is 12.0 Å². The van der Waals surface area contributed by atoms with Crippen LogP contribution in [0.3, 0.4) is 0 Å². The molecule has 0 saturated heterocycles. The van der Waals surface area contributed by atoms with Gasteiger partial charge in [0.1, 0.15) is 11.9 Å². The summed E-state index contributed by atoms with van der Waals surface area (Å²) in [4.78, 5) is 12.2. The molecule has 0 aliphatic heterocycles. The molecule has 3 nitrogen and oxygen atoms in total. The maximum Gasteiger partial charge on any atom is 0.249 e. The van der Waals surface area contributed by atoms with Crippen LogP contribution in [0.4, 0.5) is 4.39 Å². The average Bonchev–Trinajstić information content (AvgIpc) is 2.57. The topological polar surface area (TPSA) is 38.3 Å². The van der Waals surface area contributed by atoms with Gasteiger partial charge >= 0.3 is 0 Å². The number of rotatable bonds is 7. The molecule has 0 aliphatic carbocycles. The van der Waals surface area contributed by atoms with Crippen molar-refractivity contribution in [2.24, 2.45) is 0 Å². The predicted molar refractivity (Wildman–Crippen MR) is 88.3 cm³/mol. The number of ether oxygens (including phenoxy) is 1. The molecule has 23 heavy (non-hydrogen) atoms. The van der Waals surface area contributed by atoms with E-state index in [1.54, 1.807) is 19.1 Å². The molecule has 1 unspecified atom stereocenters. The molecule has 0 aromatic heterocycles. The van der Waals surface area contributed by atoms with Gasteiger partial charge in [0.2, 0.25) is 5.91 Å². The van der Waals surface area contributed by atoms with Crippen molar-refractivity contribution in [3.05, 3.63) is 71.0 Å². The van der Waals surface area contributed by atoms with Gasteiger partial charge in [-0.25, -0.2) is 4.39 Å². The maximum atomic E-state index is 13.2. The zero-order valence-electron chi connectivity index (χ0n) is 13.5. The van der Waals surface area contributed by atoms with Gasteiger partial charge in [-0.15, -0.1) is 0 Å². The lowest BCUT2D eigenvalue weighted by Gasteiger charge is -2.16. The predicted octanol–water partition coefficient (Wildman–Crippen LogP) is 3.75. The molecule has 0 saturated carbocycles. The van der Waals surface area contributed by atoms with Crippen molar-refractivity contribution in [1.29, 1.82) is 0 Å². The molecule has 2 aromatic rings. The number of carbonyl (C=O) groups excluding carboxylic acids is 1. The number of hydrogen-bond acceptors (Lipinski definition) is 2. The summed E-state index contributed by atoms with van der Waals surface area (Å²) in [7, 11) is 0. The number of benzene rings is 2. The number of aryl methyl sites for hydroxylation is 1. The number of hydrogen-bond donors (Lipinski definition) is 1. The molecule has 0 radical (unpaired) electrons. The van der Waals surface area contributed by atoms with Crippen LogP contribution in [0.15, 0.2) is 48.5 Å². The first kappa shape index (κ1) is 17.2. The molecule has 0 heterocycles. The standard InChI is InChI=1S/C19H22FNO2/c1-3-18(19(22)21-12-15-7-5-4-6-8-15)23-13-16-9-10-17(20)14(2)11-16/h4-11,18H,3,12-13H2,1-2H3,(H,21,22). The summed E-state index contributed by atoms with van der Waals surface area (Å²) in [5, 5.41) is 2.88. The van der Waals surface area contributed by atoms with E-state index >= 15 is 0 Å². The number of nitrogens with one attached hydrogen (secondary N) is 1. The molecule has 2 aromatic carbocycles. The first-order chi connectivity index (χ1) is 11.1. The van der Waals surface area contributed by atoms with Crippen molar-refractivity contribution in [2.45, 2.75) is 39.5 Å². The Labute approximate surface area is 136 Å². The van der Waals surface area contributed by atoms with Crippen molar-refractivity contribution in [3.8, 4) is 0 Å². The maximum absolute atomic E-state index is 13.2. The van der Waals surface area contributed by atoms with Crippen molar-refractivity contribution in [2.75, 3.05) is 0 Å². The van der Waals surface area contributed by atoms with Crippen molar-refractivity contribution < 1.29 is 13.9 Å². The minimum Gasteiger partial charge on any atom is -0.364 e. The molecule has 1 N–H and O–H groups in total. The highest BCUT2D eigenvalue weighted by molar-refractivity contribution is 5.80. The van der Waals surface area contributed by atoms with Gasteiger partial charge in [-0.1, -0.05) is 49.4 Å². The SMILES string of the molecule is CCC(OCc1ccc(F)c(C)c1)C(=O)NCc1ccccc1. The van der Waals surface area contributed by atoms with Gasteiger partial charge in [-0.2, -0.15) is 0 Å². The third-order valence-electron chi connectivity index (χ3n) is 3.65. The molecule has 0 aliphatic rings. The molecule has 1 atom stereocenters. The Bertz CT molecular complexity index is 643. The summed E-state index contributed by atoms with van der Waals surface area (Å²) in [6.45, 7) is 4.39. The van der Waals surface area contributed by atoms with Crippen LogP contribution in [0, 0.1) is 12.7 Å². The minimum atomic E-state index is -0.510. The first-order valence-corrected chi connectivity index (χ1v) is 7.78. The van der Waals surface area contributed by atoms with Crippen LogP contribution in [0.25, 0.3) is 0 Å². The van der Waals surface area contributed by atoms with E-state index in [0.717, 1.165) is 11.1 Å². The van der Waals surface area contributed by atoms with E-state index in [0.29, 0.717) is 25.1 Å². The van der Waals surface area contributed by atoms with Crippen molar-refractivity contribution in [1.82, 2.24) is 5.32 Å². The average molecular weight is 315 g/mol. The molecule has 0 bridgehead atoms. The van der Waals surface area contributed by atoms with Gasteiger partial charge in [0.15, 0.2) is 0 Å². The van der Waals surface area contributed by atoms with Gasteiger partial charge < -0.3 is 10.1 Å². The van der Waals surface area contributed by atoms with Gasteiger partial charge in [0.25, 0.3) is 0 Å². The van der Waals surface area contributed by atoms with Crippen LogP contribution in [0.2, 0.25) is 0 Å². The van der Waals surface area contributed by atoms with Crippen LogP contribution >= 0.6 is 0 Å². The molecule has 122 valence electrons. The number of carbonyl (C=O) groups is 1.